The highest BCUT2D eigenvalue weighted by Crippen LogP contribution is 2.19. The molecule has 0 aliphatic heterocycles. The maximum Gasteiger partial charge on any atom is 0.0874 e. The number of hydrazine groups is 1. The van der Waals surface area contributed by atoms with E-state index < -0.39 is 0 Å². The zero-order valence-electron chi connectivity index (χ0n) is 13.2. The molecule has 0 saturated carbocycles. The van der Waals surface area contributed by atoms with Crippen LogP contribution in [0.25, 0.3) is 0 Å². The maximum absolute atomic E-state index is 5.96. The highest BCUT2D eigenvalue weighted by molar-refractivity contribution is 5.41. The molecule has 0 aliphatic rings. The van der Waals surface area contributed by atoms with Gasteiger partial charge in [0.15, 0.2) is 0 Å². The van der Waals surface area contributed by atoms with Crippen molar-refractivity contribution in [2.24, 2.45) is 5.73 Å². The fourth-order valence-electron chi connectivity index (χ4n) is 1.74. The average Bonchev–Trinajstić information content (AvgIpc) is 2.51. The molecule has 0 aromatic heterocycles. The lowest BCUT2D eigenvalue weighted by atomic mass is 10.2. The van der Waals surface area contributed by atoms with Gasteiger partial charge in [0.2, 0.25) is 0 Å². The van der Waals surface area contributed by atoms with Crippen molar-refractivity contribution in [3.63, 3.8) is 0 Å². The predicted molar refractivity (Wildman–Crippen MR) is 82.8 cm³/mol. The van der Waals surface area contributed by atoms with Crippen molar-refractivity contribution >= 4 is 5.69 Å². The van der Waals surface area contributed by atoms with E-state index in [9.17, 15) is 0 Å². The van der Waals surface area contributed by atoms with Crippen LogP contribution in [-0.2, 0) is 14.5 Å². The Balaban J connectivity index is 2.82. The summed E-state index contributed by atoms with van der Waals surface area (Å²) in [6.07, 6.45) is 1.77. The Bertz CT molecular complexity index is 358. The highest BCUT2D eigenvalue weighted by Gasteiger charge is 2.21. The monoisotopic (exact) mass is 297 g/mol. The Kier molecular flexibility index (Phi) is 8.96. The quantitative estimate of drug-likeness (QED) is 0.634. The van der Waals surface area contributed by atoms with Crippen LogP contribution >= 0.6 is 0 Å². The summed E-state index contributed by atoms with van der Waals surface area (Å²) in [7, 11) is 0. The fraction of sp³-hybridized carbons (Fsp3) is 0.600. The molecule has 0 spiro atoms. The van der Waals surface area contributed by atoms with Crippen LogP contribution in [0.3, 0.4) is 0 Å². The summed E-state index contributed by atoms with van der Waals surface area (Å²) in [5.74, 6) is 0. The number of para-hydroxylation sites is 1. The van der Waals surface area contributed by atoms with E-state index in [2.05, 4.69) is 0 Å². The second-order valence-electron chi connectivity index (χ2n) is 4.53. The molecule has 6 heteroatoms. The van der Waals surface area contributed by atoms with Gasteiger partial charge in [-0.15, -0.1) is 5.17 Å². The number of nitrogens with zero attached hydrogens (tertiary/aromatic N) is 2. The molecule has 0 bridgehead atoms. The molecular formula is C15H27N3O3. The third-order valence-electron chi connectivity index (χ3n) is 2.70. The molecule has 0 aliphatic carbocycles. The van der Waals surface area contributed by atoms with Crippen LogP contribution in [-0.4, -0.2) is 31.2 Å². The fourth-order valence-corrected chi connectivity index (χ4v) is 1.74. The lowest BCUT2D eigenvalue weighted by Crippen LogP contribution is -2.44. The van der Waals surface area contributed by atoms with Gasteiger partial charge in [0, 0.05) is 0 Å². The van der Waals surface area contributed by atoms with E-state index in [1.54, 1.807) is 0 Å². The van der Waals surface area contributed by atoms with E-state index in [4.69, 9.17) is 20.2 Å². The van der Waals surface area contributed by atoms with E-state index in [1.807, 2.05) is 51.1 Å². The van der Waals surface area contributed by atoms with Gasteiger partial charge in [-0.2, -0.15) is 0 Å². The van der Waals surface area contributed by atoms with Gasteiger partial charge in [-0.25, -0.2) is 0 Å². The van der Waals surface area contributed by atoms with Crippen molar-refractivity contribution in [2.75, 3.05) is 24.9 Å². The number of hydrogen-bond acceptors (Lipinski definition) is 6. The lowest BCUT2D eigenvalue weighted by Gasteiger charge is -2.33. The molecule has 1 aromatic carbocycles. The molecule has 0 heterocycles. The van der Waals surface area contributed by atoms with Gasteiger partial charge in [0.05, 0.1) is 30.3 Å². The second kappa shape index (κ2) is 10.5. The van der Waals surface area contributed by atoms with Crippen molar-refractivity contribution < 1.29 is 14.5 Å². The first-order valence-corrected chi connectivity index (χ1v) is 7.50. The summed E-state index contributed by atoms with van der Waals surface area (Å²) >= 11 is 0. The van der Waals surface area contributed by atoms with Gasteiger partial charge < -0.3 is 5.73 Å². The van der Waals surface area contributed by atoms with Gasteiger partial charge in [-0.3, -0.25) is 14.5 Å². The summed E-state index contributed by atoms with van der Waals surface area (Å²) in [6.45, 7) is 7.40. The van der Waals surface area contributed by atoms with Crippen LogP contribution in [0.1, 0.15) is 33.6 Å². The molecule has 0 saturated heterocycles. The van der Waals surface area contributed by atoms with Crippen LogP contribution in [0.4, 0.5) is 5.69 Å². The van der Waals surface area contributed by atoms with E-state index in [0.29, 0.717) is 19.8 Å². The summed E-state index contributed by atoms with van der Waals surface area (Å²) < 4.78 is 0. The molecule has 1 unspecified atom stereocenters. The molecule has 21 heavy (non-hydrogen) atoms. The topological polar surface area (TPSA) is 60.2 Å². The molecule has 1 atom stereocenters. The minimum Gasteiger partial charge on any atom is -0.330 e. The zero-order chi connectivity index (χ0) is 15.5. The van der Waals surface area contributed by atoms with Gasteiger partial charge >= 0.3 is 0 Å². The van der Waals surface area contributed by atoms with Crippen LogP contribution in [0.15, 0.2) is 30.3 Å². The first-order chi connectivity index (χ1) is 10.2. The minimum absolute atomic E-state index is 0.00262. The van der Waals surface area contributed by atoms with Crippen LogP contribution in [0, 0.1) is 0 Å². The Morgan fingerprint density at radius 3 is 2.24 bits per heavy atom. The maximum atomic E-state index is 5.96. The van der Waals surface area contributed by atoms with Gasteiger partial charge in [0.25, 0.3) is 0 Å². The number of nitrogens with two attached hydrogens (primary N) is 1. The van der Waals surface area contributed by atoms with Gasteiger partial charge in [-0.1, -0.05) is 18.2 Å². The molecule has 0 amide bonds. The summed E-state index contributed by atoms with van der Waals surface area (Å²) in [5.41, 5.74) is 6.38. The number of rotatable bonds is 11. The van der Waals surface area contributed by atoms with Crippen molar-refractivity contribution in [3.05, 3.63) is 30.3 Å². The largest absolute Gasteiger partial charge is 0.330 e. The molecule has 2 N–H and O–H groups in total. The molecule has 0 radical (unpaired) electrons. The third-order valence-corrected chi connectivity index (χ3v) is 2.70. The molecule has 0 fully saturated rings. The normalized spacial score (nSPS) is 12.6. The standard InChI is InChI=1S/C15H27N3O3/c1-4-19-18(20-5-2)17(15-11-7-6-8-12-15)21-14(3)10-9-13-16/h6-8,11-12,14H,4-5,9-10,13,16H2,1-3H3. The Labute approximate surface area is 127 Å². The van der Waals surface area contributed by atoms with E-state index in [0.717, 1.165) is 18.5 Å². The average molecular weight is 297 g/mol. The molecule has 6 nitrogen and oxygen atoms in total. The van der Waals surface area contributed by atoms with Crippen LogP contribution < -0.4 is 10.9 Å². The minimum atomic E-state index is -0.00262. The van der Waals surface area contributed by atoms with E-state index in [-0.39, 0.29) is 6.10 Å². The number of benzene rings is 1. The Hall–Kier alpha value is -1.18. The second-order valence-corrected chi connectivity index (χ2v) is 4.53. The summed E-state index contributed by atoms with van der Waals surface area (Å²) in [6, 6.07) is 9.69. The predicted octanol–water partition coefficient (Wildman–Crippen LogP) is 2.67. The molecule has 1 aromatic rings. The van der Waals surface area contributed by atoms with Crippen molar-refractivity contribution in [3.8, 4) is 0 Å². The lowest BCUT2D eigenvalue weighted by molar-refractivity contribution is -0.406. The van der Waals surface area contributed by atoms with Crippen molar-refractivity contribution in [1.29, 1.82) is 0 Å². The van der Waals surface area contributed by atoms with Crippen LogP contribution in [0.2, 0.25) is 0 Å². The van der Waals surface area contributed by atoms with Gasteiger partial charge in [-0.05, 0) is 52.3 Å². The highest BCUT2D eigenvalue weighted by atomic mass is 17.0. The molecular weight excluding hydrogens is 270 g/mol. The number of anilines is 1. The van der Waals surface area contributed by atoms with Crippen LogP contribution in [0.5, 0.6) is 0 Å². The Morgan fingerprint density at radius 2 is 1.71 bits per heavy atom. The summed E-state index contributed by atoms with van der Waals surface area (Å²) in [5, 5.41) is 2.82. The molecule has 120 valence electrons. The zero-order valence-corrected chi connectivity index (χ0v) is 13.2. The summed E-state index contributed by atoms with van der Waals surface area (Å²) in [4.78, 5) is 16.9. The SMILES string of the molecule is CCON(OCC)N(OC(C)CCCN)c1ccccc1. The van der Waals surface area contributed by atoms with Gasteiger partial charge in [0.1, 0.15) is 0 Å². The van der Waals surface area contributed by atoms with E-state index in [1.165, 1.54) is 10.5 Å². The van der Waals surface area contributed by atoms with Crippen molar-refractivity contribution in [1.82, 2.24) is 5.34 Å². The van der Waals surface area contributed by atoms with Crippen molar-refractivity contribution in [2.45, 2.75) is 39.7 Å². The molecule has 1 rings (SSSR count). The first kappa shape index (κ1) is 17.9. The Morgan fingerprint density at radius 1 is 1.10 bits per heavy atom. The number of hydrogen-bond donors (Lipinski definition) is 1. The van der Waals surface area contributed by atoms with E-state index >= 15 is 0 Å². The third kappa shape index (κ3) is 6.41. The first-order valence-electron chi connectivity index (χ1n) is 7.50. The smallest absolute Gasteiger partial charge is 0.0874 e.